The lowest BCUT2D eigenvalue weighted by Crippen LogP contribution is -2.18. The van der Waals surface area contributed by atoms with Crippen LogP contribution in [0.3, 0.4) is 0 Å². The third kappa shape index (κ3) is 7.10. The molecule has 0 saturated carbocycles. The van der Waals surface area contributed by atoms with E-state index in [-0.39, 0.29) is 5.82 Å². The number of benzene rings is 3. The van der Waals surface area contributed by atoms with E-state index in [9.17, 15) is 4.39 Å². The molecule has 3 aromatic rings. The van der Waals surface area contributed by atoms with Gasteiger partial charge in [0.25, 0.3) is 0 Å². The van der Waals surface area contributed by atoms with E-state index >= 15 is 0 Å². The van der Waals surface area contributed by atoms with Crippen molar-refractivity contribution < 1.29 is 13.9 Å². The Kier molecular flexibility index (Phi) is 11.5. The van der Waals surface area contributed by atoms with E-state index in [1.807, 2.05) is 71.1 Å². The molecule has 0 unspecified atom stereocenters. The molecule has 0 aliphatic rings. The number of hydrogen-bond acceptors (Lipinski definition) is 4. The molecule has 5 nitrogen and oxygen atoms in total. The van der Waals surface area contributed by atoms with Crippen LogP contribution in [0.4, 0.5) is 10.1 Å². The van der Waals surface area contributed by atoms with E-state index in [0.717, 1.165) is 33.7 Å². The van der Waals surface area contributed by atoms with Gasteiger partial charge in [-0.2, -0.15) is 0 Å². The minimum atomic E-state index is -0.206. The SMILES string of the molecule is CC.CNc1cccc(C)c1COc1cc(C)c(-c2ccccc2F)cc1C.NNC=O. The number of anilines is 1. The van der Waals surface area contributed by atoms with E-state index in [4.69, 9.17) is 9.53 Å². The van der Waals surface area contributed by atoms with Gasteiger partial charge in [0.15, 0.2) is 0 Å². The number of halogens is 1. The van der Waals surface area contributed by atoms with Crippen LogP contribution in [0.5, 0.6) is 5.75 Å². The maximum absolute atomic E-state index is 14.1. The van der Waals surface area contributed by atoms with Crippen molar-refractivity contribution in [3.63, 3.8) is 0 Å². The Balaban J connectivity index is 0.000000769. The van der Waals surface area contributed by atoms with Crippen LogP contribution in [-0.4, -0.2) is 13.5 Å². The highest BCUT2D eigenvalue weighted by Crippen LogP contribution is 2.32. The molecule has 1 amide bonds. The van der Waals surface area contributed by atoms with E-state index < -0.39 is 0 Å². The van der Waals surface area contributed by atoms with E-state index in [1.165, 1.54) is 11.6 Å². The van der Waals surface area contributed by atoms with Crippen LogP contribution in [0.1, 0.15) is 36.1 Å². The largest absolute Gasteiger partial charge is 0.489 e. The number of amides is 1. The van der Waals surface area contributed by atoms with Gasteiger partial charge >= 0.3 is 0 Å². The minimum absolute atomic E-state index is 0.206. The number of nitrogens with one attached hydrogen (secondary N) is 2. The maximum Gasteiger partial charge on any atom is 0.221 e. The number of hydrogen-bond donors (Lipinski definition) is 3. The fourth-order valence-corrected chi connectivity index (χ4v) is 3.19. The average Bonchev–Trinajstić information content (AvgIpc) is 2.81. The first-order chi connectivity index (χ1) is 15.4. The molecule has 6 heteroatoms. The van der Waals surface area contributed by atoms with Crippen LogP contribution < -0.4 is 21.3 Å². The second-order valence-corrected chi connectivity index (χ2v) is 6.84. The fraction of sp³-hybridized carbons (Fsp3) is 0.269. The lowest BCUT2D eigenvalue weighted by atomic mass is 9.97. The molecule has 0 fully saturated rings. The topological polar surface area (TPSA) is 76.4 Å². The Morgan fingerprint density at radius 2 is 1.59 bits per heavy atom. The van der Waals surface area contributed by atoms with E-state index in [2.05, 4.69) is 24.1 Å². The van der Waals surface area contributed by atoms with Crippen LogP contribution >= 0.6 is 0 Å². The van der Waals surface area contributed by atoms with Gasteiger partial charge in [0.05, 0.1) is 0 Å². The monoisotopic (exact) mass is 439 g/mol. The first-order valence-electron chi connectivity index (χ1n) is 10.6. The number of nitrogens with two attached hydrogens (primary N) is 1. The smallest absolute Gasteiger partial charge is 0.221 e. The molecule has 0 bridgehead atoms. The molecule has 0 atom stereocenters. The average molecular weight is 440 g/mol. The summed E-state index contributed by atoms with van der Waals surface area (Å²) in [6, 6.07) is 17.0. The first-order valence-corrected chi connectivity index (χ1v) is 10.6. The summed E-state index contributed by atoms with van der Waals surface area (Å²) < 4.78 is 20.3. The van der Waals surface area contributed by atoms with Gasteiger partial charge in [-0.3, -0.25) is 10.2 Å². The summed E-state index contributed by atoms with van der Waals surface area (Å²) in [5, 5.41) is 3.21. The molecule has 4 N–H and O–H groups in total. The standard InChI is InChI=1S/C23H24FNO.C2H6.CH4N2O/c1-15-8-7-11-22(25-4)20(15)14-26-23-13-16(2)19(12-17(23)3)18-9-5-6-10-21(18)24;1-2;2-3-1-4/h5-13,25H,14H2,1-4H3;1-2H3;1H,2H2,(H,3,4). The maximum atomic E-state index is 14.1. The van der Waals surface area contributed by atoms with Gasteiger partial charge in [-0.25, -0.2) is 10.2 Å². The third-order valence-electron chi connectivity index (χ3n) is 4.81. The minimum Gasteiger partial charge on any atom is -0.489 e. The molecule has 0 aromatic heterocycles. The highest BCUT2D eigenvalue weighted by Gasteiger charge is 2.12. The van der Waals surface area contributed by atoms with Gasteiger partial charge in [0, 0.05) is 23.9 Å². The normalized spacial score (nSPS) is 9.50. The number of ether oxygens (including phenoxy) is 1. The lowest BCUT2D eigenvalue weighted by molar-refractivity contribution is -0.109. The summed E-state index contributed by atoms with van der Waals surface area (Å²) in [6.07, 6.45) is 0.403. The summed E-state index contributed by atoms with van der Waals surface area (Å²) in [6.45, 7) is 10.6. The molecule has 0 radical (unpaired) electrons. The number of hydrazine groups is 1. The number of rotatable bonds is 6. The molecule has 0 aliphatic heterocycles. The second-order valence-electron chi connectivity index (χ2n) is 6.84. The predicted molar refractivity (Wildman–Crippen MR) is 131 cm³/mol. The third-order valence-corrected chi connectivity index (χ3v) is 4.81. The Morgan fingerprint density at radius 1 is 0.938 bits per heavy atom. The lowest BCUT2D eigenvalue weighted by Gasteiger charge is -2.17. The molecular formula is C26H34FN3O2. The molecule has 0 heterocycles. The zero-order valence-electron chi connectivity index (χ0n) is 19.8. The Morgan fingerprint density at radius 3 is 2.19 bits per heavy atom. The molecular weight excluding hydrogens is 405 g/mol. The highest BCUT2D eigenvalue weighted by atomic mass is 19.1. The highest BCUT2D eigenvalue weighted by molar-refractivity contribution is 5.70. The second kappa shape index (κ2) is 13.8. The van der Waals surface area contributed by atoms with Gasteiger partial charge in [0.1, 0.15) is 18.2 Å². The van der Waals surface area contributed by atoms with Crippen LogP contribution in [-0.2, 0) is 11.4 Å². The number of carbonyl (C=O) groups is 1. The Hall–Kier alpha value is -3.38. The Labute approximate surface area is 190 Å². The van der Waals surface area contributed by atoms with Crippen LogP contribution in [0.25, 0.3) is 11.1 Å². The fourth-order valence-electron chi connectivity index (χ4n) is 3.19. The van der Waals surface area contributed by atoms with E-state index in [1.54, 1.807) is 11.5 Å². The number of aryl methyl sites for hydroxylation is 3. The Bertz CT molecular complexity index is 1010. The van der Waals surface area contributed by atoms with E-state index in [0.29, 0.717) is 18.6 Å². The van der Waals surface area contributed by atoms with Crippen molar-refractivity contribution in [2.75, 3.05) is 12.4 Å². The van der Waals surface area contributed by atoms with Gasteiger partial charge in [-0.15, -0.1) is 0 Å². The van der Waals surface area contributed by atoms with Crippen molar-refractivity contribution in [1.29, 1.82) is 0 Å². The van der Waals surface area contributed by atoms with Crippen molar-refractivity contribution >= 4 is 12.1 Å². The van der Waals surface area contributed by atoms with Crippen molar-refractivity contribution in [1.82, 2.24) is 5.43 Å². The van der Waals surface area contributed by atoms with Crippen molar-refractivity contribution in [3.8, 4) is 16.9 Å². The summed E-state index contributed by atoms with van der Waals surface area (Å²) in [5.74, 6) is 5.03. The quantitative estimate of drug-likeness (QED) is 0.200. The number of carbonyl (C=O) groups excluding carboxylic acids is 1. The van der Waals surface area contributed by atoms with Gasteiger partial charge in [0.2, 0.25) is 6.41 Å². The molecule has 32 heavy (non-hydrogen) atoms. The van der Waals surface area contributed by atoms with Crippen LogP contribution in [0.15, 0.2) is 54.6 Å². The van der Waals surface area contributed by atoms with Crippen molar-refractivity contribution in [3.05, 3.63) is 82.7 Å². The molecule has 0 aliphatic carbocycles. The van der Waals surface area contributed by atoms with Gasteiger partial charge in [-0.05, 0) is 67.3 Å². The van der Waals surface area contributed by atoms with Crippen LogP contribution in [0.2, 0.25) is 0 Å². The zero-order chi connectivity index (χ0) is 24.1. The van der Waals surface area contributed by atoms with Crippen LogP contribution in [0, 0.1) is 26.6 Å². The molecule has 3 rings (SSSR count). The zero-order valence-corrected chi connectivity index (χ0v) is 19.8. The molecule has 0 saturated heterocycles. The summed E-state index contributed by atoms with van der Waals surface area (Å²) in [5.41, 5.74) is 8.67. The summed E-state index contributed by atoms with van der Waals surface area (Å²) >= 11 is 0. The van der Waals surface area contributed by atoms with Crippen molar-refractivity contribution in [2.24, 2.45) is 5.84 Å². The molecule has 3 aromatic carbocycles. The predicted octanol–water partition coefficient (Wildman–Crippen LogP) is 5.67. The molecule has 172 valence electrons. The molecule has 0 spiro atoms. The summed E-state index contributed by atoms with van der Waals surface area (Å²) in [7, 11) is 1.91. The first kappa shape index (κ1) is 26.7. The van der Waals surface area contributed by atoms with Gasteiger partial charge in [-0.1, -0.05) is 44.2 Å². The van der Waals surface area contributed by atoms with Crippen molar-refractivity contribution in [2.45, 2.75) is 41.2 Å². The van der Waals surface area contributed by atoms with Gasteiger partial charge < -0.3 is 10.1 Å². The summed E-state index contributed by atoms with van der Waals surface area (Å²) in [4.78, 5) is 8.94.